The van der Waals surface area contributed by atoms with Crippen molar-refractivity contribution in [2.45, 2.75) is 50.2 Å². The zero-order valence-electron chi connectivity index (χ0n) is 14.5. The zero-order valence-corrected chi connectivity index (χ0v) is 14.5. The highest BCUT2D eigenvalue weighted by molar-refractivity contribution is 5.78. The number of hydrogen-bond donors (Lipinski definition) is 0. The molecule has 3 aliphatic rings. The van der Waals surface area contributed by atoms with Crippen molar-refractivity contribution in [3.8, 4) is 0 Å². The summed E-state index contributed by atoms with van der Waals surface area (Å²) in [6.45, 7) is 5.01. The zero-order chi connectivity index (χ0) is 16.4. The molecule has 24 heavy (non-hydrogen) atoms. The SMILES string of the molecule is O=C1CCCN1[C@H]1CCO[C@@]2(CCN(CCc3ccccc3)C2)C1. The predicted molar refractivity (Wildman–Crippen MR) is 93.9 cm³/mol. The molecule has 0 unspecified atom stereocenters. The lowest BCUT2D eigenvalue weighted by molar-refractivity contribution is -0.137. The first kappa shape index (κ1) is 16.1. The van der Waals surface area contributed by atoms with Crippen LogP contribution in [0.4, 0.5) is 0 Å². The van der Waals surface area contributed by atoms with Crippen molar-refractivity contribution in [3.63, 3.8) is 0 Å². The second-order valence-corrected chi connectivity index (χ2v) is 7.63. The van der Waals surface area contributed by atoms with Gasteiger partial charge in [0.2, 0.25) is 5.91 Å². The largest absolute Gasteiger partial charge is 0.373 e. The molecular formula is C20H28N2O2. The Kier molecular flexibility index (Phi) is 4.59. The van der Waals surface area contributed by atoms with Crippen LogP contribution in [-0.2, 0) is 16.0 Å². The smallest absolute Gasteiger partial charge is 0.222 e. The number of amides is 1. The van der Waals surface area contributed by atoms with Crippen LogP contribution in [0.2, 0.25) is 0 Å². The van der Waals surface area contributed by atoms with Crippen molar-refractivity contribution in [3.05, 3.63) is 35.9 Å². The molecule has 2 atom stereocenters. The van der Waals surface area contributed by atoms with Crippen LogP contribution in [0.3, 0.4) is 0 Å². The monoisotopic (exact) mass is 328 g/mol. The normalized spacial score (nSPS) is 31.2. The Morgan fingerprint density at radius 2 is 2.08 bits per heavy atom. The quantitative estimate of drug-likeness (QED) is 0.851. The van der Waals surface area contributed by atoms with E-state index in [4.69, 9.17) is 4.74 Å². The number of likely N-dealkylation sites (tertiary alicyclic amines) is 2. The van der Waals surface area contributed by atoms with Gasteiger partial charge in [-0.05, 0) is 37.7 Å². The van der Waals surface area contributed by atoms with Crippen molar-refractivity contribution in [2.24, 2.45) is 0 Å². The lowest BCUT2D eigenvalue weighted by atomic mass is 9.89. The molecule has 0 bridgehead atoms. The molecule has 3 heterocycles. The number of carbonyl (C=O) groups is 1. The minimum Gasteiger partial charge on any atom is -0.373 e. The van der Waals surface area contributed by atoms with E-state index in [9.17, 15) is 4.79 Å². The van der Waals surface area contributed by atoms with Crippen molar-refractivity contribution in [1.82, 2.24) is 9.80 Å². The fourth-order valence-corrected chi connectivity index (χ4v) is 4.66. The standard InChI is InChI=1S/C20H28N2O2/c23-19-7-4-11-22(19)18-9-14-24-20(15-18)10-13-21(16-20)12-8-17-5-2-1-3-6-17/h1-3,5-6,18H,4,7-16H2/t18-,20-/m0/s1. The number of rotatable bonds is 4. The third-order valence-electron chi connectivity index (χ3n) is 5.97. The molecule has 1 spiro atoms. The summed E-state index contributed by atoms with van der Waals surface area (Å²) in [4.78, 5) is 16.8. The van der Waals surface area contributed by atoms with E-state index in [1.54, 1.807) is 0 Å². The highest BCUT2D eigenvalue weighted by Crippen LogP contribution is 2.37. The summed E-state index contributed by atoms with van der Waals surface area (Å²) >= 11 is 0. The van der Waals surface area contributed by atoms with Crippen LogP contribution >= 0.6 is 0 Å². The van der Waals surface area contributed by atoms with E-state index in [1.165, 1.54) is 5.56 Å². The molecule has 3 saturated heterocycles. The Balaban J connectivity index is 1.33. The van der Waals surface area contributed by atoms with Crippen LogP contribution in [0.25, 0.3) is 0 Å². The molecule has 0 radical (unpaired) electrons. The number of hydrogen-bond acceptors (Lipinski definition) is 3. The summed E-state index contributed by atoms with van der Waals surface area (Å²) in [7, 11) is 0. The van der Waals surface area contributed by atoms with Crippen molar-refractivity contribution < 1.29 is 9.53 Å². The molecule has 0 saturated carbocycles. The molecule has 3 fully saturated rings. The summed E-state index contributed by atoms with van der Waals surface area (Å²) in [5.74, 6) is 0.357. The minimum atomic E-state index is -0.0114. The summed E-state index contributed by atoms with van der Waals surface area (Å²) in [6, 6.07) is 11.1. The van der Waals surface area contributed by atoms with Gasteiger partial charge in [-0.2, -0.15) is 0 Å². The van der Waals surface area contributed by atoms with Crippen LogP contribution in [0, 0.1) is 0 Å². The topological polar surface area (TPSA) is 32.8 Å². The summed E-state index contributed by atoms with van der Waals surface area (Å²) < 4.78 is 6.25. The summed E-state index contributed by atoms with van der Waals surface area (Å²) in [6.07, 6.45) is 6.03. The summed E-state index contributed by atoms with van der Waals surface area (Å²) in [5, 5.41) is 0. The van der Waals surface area contributed by atoms with Gasteiger partial charge in [-0.3, -0.25) is 4.79 Å². The first-order chi connectivity index (χ1) is 11.7. The van der Waals surface area contributed by atoms with Gasteiger partial charge in [-0.25, -0.2) is 0 Å². The highest BCUT2D eigenvalue weighted by atomic mass is 16.5. The number of nitrogens with zero attached hydrogens (tertiary/aromatic N) is 2. The second-order valence-electron chi connectivity index (χ2n) is 7.63. The fraction of sp³-hybridized carbons (Fsp3) is 0.650. The molecule has 0 aromatic heterocycles. The van der Waals surface area contributed by atoms with Crippen LogP contribution < -0.4 is 0 Å². The van der Waals surface area contributed by atoms with Crippen LogP contribution in [0.1, 0.15) is 37.7 Å². The first-order valence-corrected chi connectivity index (χ1v) is 9.44. The van der Waals surface area contributed by atoms with E-state index in [2.05, 4.69) is 40.1 Å². The summed E-state index contributed by atoms with van der Waals surface area (Å²) in [5.41, 5.74) is 1.39. The Bertz CT molecular complexity index is 576. The van der Waals surface area contributed by atoms with Gasteiger partial charge >= 0.3 is 0 Å². The molecule has 0 aliphatic carbocycles. The van der Waals surface area contributed by atoms with E-state index in [0.717, 1.165) is 71.3 Å². The first-order valence-electron chi connectivity index (χ1n) is 9.44. The van der Waals surface area contributed by atoms with Gasteiger partial charge in [-0.1, -0.05) is 30.3 Å². The average molecular weight is 328 g/mol. The molecule has 130 valence electrons. The van der Waals surface area contributed by atoms with Crippen LogP contribution in [0.5, 0.6) is 0 Å². The molecule has 4 heteroatoms. The molecule has 1 amide bonds. The van der Waals surface area contributed by atoms with Gasteiger partial charge in [0.05, 0.1) is 5.60 Å². The van der Waals surface area contributed by atoms with E-state index >= 15 is 0 Å². The van der Waals surface area contributed by atoms with Crippen LogP contribution in [-0.4, -0.2) is 60.1 Å². The van der Waals surface area contributed by atoms with Crippen molar-refractivity contribution in [2.75, 3.05) is 32.8 Å². The molecule has 1 aromatic rings. The number of carbonyl (C=O) groups excluding carboxylic acids is 1. The Hall–Kier alpha value is -1.39. The van der Waals surface area contributed by atoms with Crippen molar-refractivity contribution >= 4 is 5.91 Å². The predicted octanol–water partition coefficient (Wildman–Crippen LogP) is 2.48. The van der Waals surface area contributed by atoms with E-state index in [-0.39, 0.29) is 5.60 Å². The third-order valence-corrected chi connectivity index (χ3v) is 5.97. The molecular weight excluding hydrogens is 300 g/mol. The molecule has 1 aromatic carbocycles. The van der Waals surface area contributed by atoms with Gasteiger partial charge < -0.3 is 14.5 Å². The maximum Gasteiger partial charge on any atom is 0.222 e. The fourth-order valence-electron chi connectivity index (χ4n) is 4.66. The van der Waals surface area contributed by atoms with E-state index in [1.807, 2.05) is 0 Å². The van der Waals surface area contributed by atoms with Gasteiger partial charge in [-0.15, -0.1) is 0 Å². The number of benzene rings is 1. The van der Waals surface area contributed by atoms with E-state index in [0.29, 0.717) is 11.9 Å². The second kappa shape index (κ2) is 6.85. The molecule has 3 aliphatic heterocycles. The number of ether oxygens (including phenoxy) is 1. The maximum absolute atomic E-state index is 12.1. The van der Waals surface area contributed by atoms with E-state index < -0.39 is 0 Å². The lowest BCUT2D eigenvalue weighted by Crippen LogP contribution is -2.50. The Morgan fingerprint density at radius 3 is 2.88 bits per heavy atom. The lowest BCUT2D eigenvalue weighted by Gasteiger charge is -2.41. The van der Waals surface area contributed by atoms with Gasteiger partial charge in [0.25, 0.3) is 0 Å². The molecule has 4 nitrogen and oxygen atoms in total. The van der Waals surface area contributed by atoms with Crippen LogP contribution in [0.15, 0.2) is 30.3 Å². The maximum atomic E-state index is 12.1. The molecule has 0 N–H and O–H groups in total. The van der Waals surface area contributed by atoms with Gasteiger partial charge in [0.15, 0.2) is 0 Å². The average Bonchev–Trinajstić information content (AvgIpc) is 3.21. The third kappa shape index (κ3) is 3.35. The Labute approximate surface area is 144 Å². The van der Waals surface area contributed by atoms with Gasteiger partial charge in [0.1, 0.15) is 0 Å². The Morgan fingerprint density at radius 1 is 1.21 bits per heavy atom. The van der Waals surface area contributed by atoms with Gasteiger partial charge in [0, 0.05) is 45.2 Å². The molecule has 4 rings (SSSR count). The van der Waals surface area contributed by atoms with Crippen molar-refractivity contribution in [1.29, 1.82) is 0 Å². The minimum absolute atomic E-state index is 0.0114. The highest BCUT2D eigenvalue weighted by Gasteiger charge is 2.45.